The molecule has 0 saturated heterocycles. The zero-order valence-electron chi connectivity index (χ0n) is 9.45. The zero-order valence-corrected chi connectivity index (χ0v) is 10.3. The van der Waals surface area contributed by atoms with Crippen molar-refractivity contribution in [1.29, 1.82) is 0 Å². The summed E-state index contributed by atoms with van der Waals surface area (Å²) in [5.74, 6) is 0.950. The fourth-order valence-corrected chi connectivity index (χ4v) is 1.62. The molecule has 1 rings (SSSR count). The van der Waals surface area contributed by atoms with E-state index >= 15 is 0 Å². The normalized spacial score (nSPS) is 10.3. The van der Waals surface area contributed by atoms with Crippen LogP contribution in [-0.4, -0.2) is 26.0 Å². The summed E-state index contributed by atoms with van der Waals surface area (Å²) < 4.78 is 5.58. The van der Waals surface area contributed by atoms with E-state index in [-0.39, 0.29) is 0 Å². The Morgan fingerprint density at radius 1 is 1.20 bits per heavy atom. The molecule has 0 saturated carbocycles. The molecule has 2 nitrogen and oxygen atoms in total. The average molecular weight is 225 g/mol. The van der Waals surface area contributed by atoms with Crippen LogP contribution in [0.5, 0.6) is 5.75 Å². The van der Waals surface area contributed by atoms with E-state index in [0.29, 0.717) is 0 Å². The van der Waals surface area contributed by atoms with Gasteiger partial charge in [-0.25, -0.2) is 0 Å². The lowest BCUT2D eigenvalue weighted by Gasteiger charge is -2.07. The third-order valence-corrected chi connectivity index (χ3v) is 2.78. The van der Waals surface area contributed by atoms with Gasteiger partial charge in [0.15, 0.2) is 0 Å². The standard InChI is InChI=1S/C12H19NOS/c1-3-8-13-9-10-14-11-4-6-12(15-2)7-5-11/h4-7,13H,3,8-10H2,1-2H3. The van der Waals surface area contributed by atoms with Gasteiger partial charge in [0.05, 0.1) is 0 Å². The number of thioether (sulfide) groups is 1. The lowest BCUT2D eigenvalue weighted by Crippen LogP contribution is -2.21. The van der Waals surface area contributed by atoms with Crippen molar-refractivity contribution in [3.63, 3.8) is 0 Å². The van der Waals surface area contributed by atoms with Crippen LogP contribution in [0.25, 0.3) is 0 Å². The van der Waals surface area contributed by atoms with E-state index in [9.17, 15) is 0 Å². The van der Waals surface area contributed by atoms with Crippen molar-refractivity contribution >= 4 is 11.8 Å². The number of benzene rings is 1. The minimum Gasteiger partial charge on any atom is -0.492 e. The maximum absolute atomic E-state index is 5.58. The predicted octanol–water partition coefficient (Wildman–Crippen LogP) is 2.79. The van der Waals surface area contributed by atoms with Crippen LogP contribution < -0.4 is 10.1 Å². The van der Waals surface area contributed by atoms with Gasteiger partial charge in [-0.2, -0.15) is 0 Å². The maximum Gasteiger partial charge on any atom is 0.119 e. The molecule has 0 unspecified atom stereocenters. The first-order valence-corrected chi connectivity index (χ1v) is 6.57. The van der Waals surface area contributed by atoms with Gasteiger partial charge in [-0.1, -0.05) is 6.92 Å². The van der Waals surface area contributed by atoms with Crippen molar-refractivity contribution in [2.45, 2.75) is 18.2 Å². The molecule has 15 heavy (non-hydrogen) atoms. The van der Waals surface area contributed by atoms with E-state index < -0.39 is 0 Å². The Bertz CT molecular complexity index is 261. The second-order valence-corrected chi connectivity index (χ2v) is 4.15. The monoisotopic (exact) mass is 225 g/mol. The predicted molar refractivity (Wildman–Crippen MR) is 66.9 cm³/mol. The van der Waals surface area contributed by atoms with Crippen LogP contribution in [0, 0.1) is 0 Å². The topological polar surface area (TPSA) is 21.3 Å². The Labute approximate surface area is 96.4 Å². The van der Waals surface area contributed by atoms with Crippen LogP contribution >= 0.6 is 11.8 Å². The van der Waals surface area contributed by atoms with Crippen molar-refractivity contribution < 1.29 is 4.74 Å². The summed E-state index contributed by atoms with van der Waals surface area (Å²) in [6, 6.07) is 8.20. The highest BCUT2D eigenvalue weighted by Crippen LogP contribution is 2.18. The minimum absolute atomic E-state index is 0.735. The molecule has 1 N–H and O–H groups in total. The number of nitrogens with one attached hydrogen (secondary N) is 1. The van der Waals surface area contributed by atoms with E-state index in [0.717, 1.165) is 25.4 Å². The molecule has 0 bridgehead atoms. The van der Waals surface area contributed by atoms with Gasteiger partial charge in [0.25, 0.3) is 0 Å². The fourth-order valence-electron chi connectivity index (χ4n) is 1.21. The largest absolute Gasteiger partial charge is 0.492 e. The molecule has 1 aromatic rings. The number of hydrogen-bond acceptors (Lipinski definition) is 3. The molecule has 0 aliphatic rings. The Hall–Kier alpha value is -0.670. The molecule has 0 aromatic heterocycles. The van der Waals surface area contributed by atoms with Gasteiger partial charge in [0.1, 0.15) is 12.4 Å². The number of hydrogen-bond donors (Lipinski definition) is 1. The van der Waals surface area contributed by atoms with E-state index in [1.54, 1.807) is 11.8 Å². The van der Waals surface area contributed by atoms with E-state index in [1.165, 1.54) is 11.3 Å². The first-order valence-electron chi connectivity index (χ1n) is 5.34. The van der Waals surface area contributed by atoms with Crippen LogP contribution in [0.3, 0.4) is 0 Å². The van der Waals surface area contributed by atoms with Gasteiger partial charge in [-0.3, -0.25) is 0 Å². The third-order valence-electron chi connectivity index (χ3n) is 2.03. The zero-order chi connectivity index (χ0) is 10.9. The maximum atomic E-state index is 5.58. The highest BCUT2D eigenvalue weighted by atomic mass is 32.2. The Balaban J connectivity index is 2.20. The van der Waals surface area contributed by atoms with Gasteiger partial charge in [0, 0.05) is 11.4 Å². The van der Waals surface area contributed by atoms with Gasteiger partial charge >= 0.3 is 0 Å². The van der Waals surface area contributed by atoms with Gasteiger partial charge < -0.3 is 10.1 Å². The number of ether oxygens (including phenoxy) is 1. The molecule has 0 spiro atoms. The summed E-state index contributed by atoms with van der Waals surface area (Å²) in [6.45, 7) is 4.88. The molecule has 0 amide bonds. The molecule has 0 radical (unpaired) electrons. The Morgan fingerprint density at radius 3 is 2.53 bits per heavy atom. The average Bonchev–Trinajstić information content (AvgIpc) is 2.30. The first-order chi connectivity index (χ1) is 7.36. The molecule has 0 atom stereocenters. The van der Waals surface area contributed by atoms with E-state index in [2.05, 4.69) is 30.6 Å². The molecular weight excluding hydrogens is 206 g/mol. The first kappa shape index (κ1) is 12.4. The van der Waals surface area contributed by atoms with E-state index in [1.807, 2.05) is 12.1 Å². The van der Waals surface area contributed by atoms with Gasteiger partial charge in [-0.15, -0.1) is 11.8 Å². The summed E-state index contributed by atoms with van der Waals surface area (Å²) in [5, 5.41) is 3.30. The molecule has 0 heterocycles. The van der Waals surface area contributed by atoms with Crippen LogP contribution in [-0.2, 0) is 0 Å². The quantitative estimate of drug-likeness (QED) is 0.569. The van der Waals surface area contributed by atoms with Gasteiger partial charge in [-0.05, 0) is 43.5 Å². The van der Waals surface area contributed by atoms with Gasteiger partial charge in [0.2, 0.25) is 0 Å². The molecule has 3 heteroatoms. The molecule has 84 valence electrons. The second kappa shape index (κ2) is 7.60. The molecule has 0 fully saturated rings. The van der Waals surface area contributed by atoms with Crippen LogP contribution in [0.2, 0.25) is 0 Å². The molecule has 0 aliphatic heterocycles. The van der Waals surface area contributed by atoms with E-state index in [4.69, 9.17) is 4.74 Å². The summed E-state index contributed by atoms with van der Waals surface area (Å²) in [7, 11) is 0. The van der Waals surface area contributed by atoms with Crippen molar-refractivity contribution in [3.8, 4) is 5.75 Å². The summed E-state index contributed by atoms with van der Waals surface area (Å²) in [4.78, 5) is 1.27. The Kier molecular flexibility index (Phi) is 6.28. The summed E-state index contributed by atoms with van der Waals surface area (Å²) >= 11 is 1.74. The van der Waals surface area contributed by atoms with Crippen molar-refractivity contribution in [3.05, 3.63) is 24.3 Å². The van der Waals surface area contributed by atoms with Crippen LogP contribution in [0.1, 0.15) is 13.3 Å². The summed E-state index contributed by atoms with van der Waals surface area (Å²) in [6.07, 6.45) is 3.24. The van der Waals surface area contributed by atoms with Crippen molar-refractivity contribution in [2.24, 2.45) is 0 Å². The lowest BCUT2D eigenvalue weighted by molar-refractivity contribution is 0.314. The van der Waals surface area contributed by atoms with Crippen LogP contribution in [0.15, 0.2) is 29.2 Å². The highest BCUT2D eigenvalue weighted by molar-refractivity contribution is 7.98. The SMILES string of the molecule is CCCNCCOc1ccc(SC)cc1. The van der Waals surface area contributed by atoms with Crippen LogP contribution in [0.4, 0.5) is 0 Å². The smallest absolute Gasteiger partial charge is 0.119 e. The second-order valence-electron chi connectivity index (χ2n) is 3.27. The molecular formula is C12H19NOS. The highest BCUT2D eigenvalue weighted by Gasteiger charge is 1.93. The van der Waals surface area contributed by atoms with Crippen molar-refractivity contribution in [2.75, 3.05) is 26.0 Å². The minimum atomic E-state index is 0.735. The summed E-state index contributed by atoms with van der Waals surface area (Å²) in [5.41, 5.74) is 0. The number of rotatable bonds is 7. The lowest BCUT2D eigenvalue weighted by atomic mass is 10.3. The molecule has 1 aromatic carbocycles. The Morgan fingerprint density at radius 2 is 1.93 bits per heavy atom. The third kappa shape index (κ3) is 5.09. The van der Waals surface area contributed by atoms with Crippen molar-refractivity contribution in [1.82, 2.24) is 5.32 Å². The fraction of sp³-hybridized carbons (Fsp3) is 0.500. The molecule has 0 aliphatic carbocycles.